The molecule has 2 atom stereocenters. The van der Waals surface area contributed by atoms with Crippen LogP contribution in [0.1, 0.15) is 47.7 Å². The minimum Gasteiger partial charge on any atom is -0.370 e. The lowest BCUT2D eigenvalue weighted by atomic mass is 9.91. The van der Waals surface area contributed by atoms with Crippen molar-refractivity contribution in [1.82, 2.24) is 15.5 Å². The van der Waals surface area contributed by atoms with E-state index in [0.29, 0.717) is 11.7 Å². The summed E-state index contributed by atoms with van der Waals surface area (Å²) in [5.74, 6) is 1.53. The van der Waals surface area contributed by atoms with Crippen molar-refractivity contribution in [2.75, 3.05) is 13.2 Å². The van der Waals surface area contributed by atoms with E-state index < -0.39 is 0 Å². The van der Waals surface area contributed by atoms with Gasteiger partial charge in [0.1, 0.15) is 6.10 Å². The fourth-order valence-electron chi connectivity index (χ4n) is 3.02. The van der Waals surface area contributed by atoms with Crippen LogP contribution in [0.4, 0.5) is 0 Å². The van der Waals surface area contributed by atoms with Crippen molar-refractivity contribution in [2.45, 2.75) is 31.4 Å². The molecule has 0 radical (unpaired) electrons. The van der Waals surface area contributed by atoms with Crippen molar-refractivity contribution in [3.05, 3.63) is 47.1 Å². The molecule has 2 unspecified atom stereocenters. The quantitative estimate of drug-likeness (QED) is 0.907. The summed E-state index contributed by atoms with van der Waals surface area (Å²) in [5, 5.41) is 7.52. The summed E-state index contributed by atoms with van der Waals surface area (Å²) in [4.78, 5) is 4.57. The third-order valence-electron chi connectivity index (χ3n) is 4.07. The Bertz CT molecular complexity index is 605. The second kappa shape index (κ2) is 5.00. The van der Waals surface area contributed by atoms with Gasteiger partial charge in [-0.05, 0) is 24.0 Å². The third-order valence-corrected chi connectivity index (χ3v) is 4.07. The lowest BCUT2D eigenvalue weighted by Crippen LogP contribution is -2.28. The Balaban J connectivity index is 1.65. The van der Waals surface area contributed by atoms with Crippen LogP contribution in [-0.2, 0) is 11.3 Å². The molecule has 0 aliphatic carbocycles. The molecule has 5 nitrogen and oxygen atoms in total. The fraction of sp³-hybridized carbons (Fsp3) is 0.467. The van der Waals surface area contributed by atoms with Crippen LogP contribution >= 0.6 is 0 Å². The van der Waals surface area contributed by atoms with E-state index in [1.807, 2.05) is 0 Å². The number of benzene rings is 1. The van der Waals surface area contributed by atoms with Gasteiger partial charge in [-0.1, -0.05) is 29.4 Å². The van der Waals surface area contributed by atoms with E-state index in [1.54, 1.807) is 0 Å². The van der Waals surface area contributed by atoms with Crippen molar-refractivity contribution in [1.29, 1.82) is 0 Å². The van der Waals surface area contributed by atoms with Crippen LogP contribution in [0.3, 0.4) is 0 Å². The Labute approximate surface area is 117 Å². The first-order valence-corrected chi connectivity index (χ1v) is 7.15. The van der Waals surface area contributed by atoms with Crippen molar-refractivity contribution in [3.63, 3.8) is 0 Å². The molecule has 104 valence electrons. The van der Waals surface area contributed by atoms with Crippen molar-refractivity contribution < 1.29 is 9.26 Å². The van der Waals surface area contributed by atoms with Gasteiger partial charge in [-0.15, -0.1) is 0 Å². The lowest BCUT2D eigenvalue weighted by molar-refractivity contribution is 0.103. The maximum atomic E-state index is 5.61. The molecule has 1 N–H and O–H groups in total. The largest absolute Gasteiger partial charge is 0.370 e. The van der Waals surface area contributed by atoms with E-state index in [4.69, 9.17) is 9.26 Å². The van der Waals surface area contributed by atoms with E-state index >= 15 is 0 Å². The van der Waals surface area contributed by atoms with Crippen LogP contribution in [-0.4, -0.2) is 23.3 Å². The van der Waals surface area contributed by atoms with Gasteiger partial charge in [-0.25, -0.2) is 0 Å². The number of ether oxygens (including phenoxy) is 1. The summed E-state index contributed by atoms with van der Waals surface area (Å²) in [5.41, 5.74) is 2.59. The van der Waals surface area contributed by atoms with Gasteiger partial charge >= 0.3 is 0 Å². The Morgan fingerprint density at radius 1 is 1.25 bits per heavy atom. The zero-order valence-electron chi connectivity index (χ0n) is 11.2. The van der Waals surface area contributed by atoms with Crippen LogP contribution < -0.4 is 5.32 Å². The van der Waals surface area contributed by atoms with Crippen LogP contribution in [0.2, 0.25) is 0 Å². The Hall–Kier alpha value is -1.72. The molecule has 4 rings (SSSR count). The molecule has 1 saturated heterocycles. The molecule has 2 aliphatic heterocycles. The predicted molar refractivity (Wildman–Crippen MR) is 72.2 cm³/mol. The van der Waals surface area contributed by atoms with E-state index in [-0.39, 0.29) is 12.0 Å². The van der Waals surface area contributed by atoms with E-state index in [2.05, 4.69) is 39.7 Å². The standard InChI is InChI=1S/C15H17N3O2/c1-2-5-11-10(4-1)8-16-9-12(11)15-17-14(18-20-15)13-6-3-7-19-13/h1-2,4-5,12-13,16H,3,6-9H2. The maximum absolute atomic E-state index is 5.61. The van der Waals surface area contributed by atoms with Gasteiger partial charge in [0.15, 0.2) is 0 Å². The van der Waals surface area contributed by atoms with Gasteiger partial charge in [-0.3, -0.25) is 0 Å². The number of hydrogen-bond donors (Lipinski definition) is 1. The number of nitrogens with zero attached hydrogens (tertiary/aromatic N) is 2. The number of aromatic nitrogens is 2. The molecule has 0 amide bonds. The Morgan fingerprint density at radius 2 is 2.20 bits per heavy atom. The summed E-state index contributed by atoms with van der Waals surface area (Å²) in [7, 11) is 0. The van der Waals surface area contributed by atoms with E-state index in [0.717, 1.165) is 32.5 Å². The SMILES string of the molecule is c1ccc2c(c1)CNCC2c1nc(C2CCCO2)no1. The molecule has 3 heterocycles. The first-order valence-electron chi connectivity index (χ1n) is 7.15. The van der Waals surface area contributed by atoms with Gasteiger partial charge in [-0.2, -0.15) is 4.98 Å². The maximum Gasteiger partial charge on any atom is 0.235 e. The summed E-state index contributed by atoms with van der Waals surface area (Å²) in [6.45, 7) is 2.53. The van der Waals surface area contributed by atoms with Gasteiger partial charge in [0, 0.05) is 19.7 Å². The Morgan fingerprint density at radius 3 is 3.10 bits per heavy atom. The number of fused-ring (bicyclic) bond motifs is 1. The highest BCUT2D eigenvalue weighted by molar-refractivity contribution is 5.35. The van der Waals surface area contributed by atoms with E-state index in [9.17, 15) is 0 Å². The zero-order chi connectivity index (χ0) is 13.4. The van der Waals surface area contributed by atoms with Gasteiger partial charge in [0.25, 0.3) is 0 Å². The van der Waals surface area contributed by atoms with Crippen LogP contribution in [0.25, 0.3) is 0 Å². The highest BCUT2D eigenvalue weighted by atomic mass is 16.5. The molecular formula is C15H17N3O2. The average molecular weight is 271 g/mol. The van der Waals surface area contributed by atoms with Crippen molar-refractivity contribution >= 4 is 0 Å². The number of nitrogens with one attached hydrogen (secondary N) is 1. The zero-order valence-corrected chi connectivity index (χ0v) is 11.2. The fourth-order valence-corrected chi connectivity index (χ4v) is 3.02. The second-order valence-electron chi connectivity index (χ2n) is 5.37. The molecule has 1 aromatic carbocycles. The predicted octanol–water partition coefficient (Wildman–Crippen LogP) is 2.16. The Kier molecular flexibility index (Phi) is 3.01. The third kappa shape index (κ3) is 2.03. The molecule has 1 aromatic heterocycles. The summed E-state index contributed by atoms with van der Waals surface area (Å²) in [6, 6.07) is 8.42. The van der Waals surface area contributed by atoms with Crippen LogP contribution in [0, 0.1) is 0 Å². The molecular weight excluding hydrogens is 254 g/mol. The van der Waals surface area contributed by atoms with Gasteiger partial charge < -0.3 is 14.6 Å². The lowest BCUT2D eigenvalue weighted by Gasteiger charge is -2.23. The molecule has 0 bridgehead atoms. The first-order chi connectivity index (χ1) is 9.92. The van der Waals surface area contributed by atoms with Crippen molar-refractivity contribution in [2.24, 2.45) is 0 Å². The van der Waals surface area contributed by atoms with Gasteiger partial charge in [0.2, 0.25) is 11.7 Å². The molecule has 2 aromatic rings. The molecule has 1 fully saturated rings. The molecule has 0 spiro atoms. The minimum absolute atomic E-state index is 0.0132. The second-order valence-corrected chi connectivity index (χ2v) is 5.37. The minimum atomic E-state index is 0.0132. The summed E-state index contributed by atoms with van der Waals surface area (Å²) >= 11 is 0. The summed E-state index contributed by atoms with van der Waals surface area (Å²) in [6.07, 6.45) is 2.07. The monoisotopic (exact) mass is 271 g/mol. The summed E-state index contributed by atoms with van der Waals surface area (Å²) < 4.78 is 11.1. The molecule has 5 heteroatoms. The first kappa shape index (κ1) is 12.1. The van der Waals surface area contributed by atoms with Crippen LogP contribution in [0.15, 0.2) is 28.8 Å². The highest BCUT2D eigenvalue weighted by Crippen LogP contribution is 2.31. The molecule has 0 saturated carbocycles. The highest BCUT2D eigenvalue weighted by Gasteiger charge is 2.29. The molecule has 20 heavy (non-hydrogen) atoms. The van der Waals surface area contributed by atoms with Gasteiger partial charge in [0.05, 0.1) is 5.92 Å². The number of rotatable bonds is 2. The van der Waals surface area contributed by atoms with Crippen molar-refractivity contribution in [3.8, 4) is 0 Å². The smallest absolute Gasteiger partial charge is 0.235 e. The molecule has 2 aliphatic rings. The van der Waals surface area contributed by atoms with E-state index in [1.165, 1.54) is 11.1 Å². The average Bonchev–Trinajstić information content (AvgIpc) is 3.17. The topological polar surface area (TPSA) is 60.2 Å². The number of hydrogen-bond acceptors (Lipinski definition) is 5. The normalized spacial score (nSPS) is 25.6. The van der Waals surface area contributed by atoms with Crippen LogP contribution in [0.5, 0.6) is 0 Å².